The van der Waals surface area contributed by atoms with Crippen LogP contribution in [0.4, 0.5) is 0 Å². The Morgan fingerprint density at radius 3 is 2.40 bits per heavy atom. The summed E-state index contributed by atoms with van der Waals surface area (Å²) in [6.07, 6.45) is 18.0. The third-order valence-corrected chi connectivity index (χ3v) is 11.5. The lowest BCUT2D eigenvalue weighted by Crippen LogP contribution is -2.62. The lowest BCUT2D eigenvalue weighted by Gasteiger charge is -2.65. The Balaban J connectivity index is 1.54. The van der Waals surface area contributed by atoms with Gasteiger partial charge in [0.25, 0.3) is 0 Å². The van der Waals surface area contributed by atoms with Crippen molar-refractivity contribution >= 4 is 0 Å². The molecule has 1 N–H and O–H groups in total. The van der Waals surface area contributed by atoms with E-state index < -0.39 is 5.60 Å². The fourth-order valence-electron chi connectivity index (χ4n) is 9.78. The number of hydrogen-bond donors (Lipinski definition) is 1. The Morgan fingerprint density at radius 1 is 0.933 bits per heavy atom. The summed E-state index contributed by atoms with van der Waals surface area (Å²) in [4.78, 5) is 0. The zero-order chi connectivity index (χ0) is 21.7. The average Bonchev–Trinajstić information content (AvgIpc) is 3.06. The Morgan fingerprint density at radius 2 is 1.70 bits per heavy atom. The minimum atomic E-state index is -0.644. The molecule has 30 heavy (non-hydrogen) atoms. The van der Waals surface area contributed by atoms with Gasteiger partial charge in [0.15, 0.2) is 0 Å². The molecule has 4 aliphatic carbocycles. The van der Waals surface area contributed by atoms with Gasteiger partial charge in [-0.15, -0.1) is 6.58 Å². The van der Waals surface area contributed by atoms with Gasteiger partial charge in [-0.1, -0.05) is 60.0 Å². The van der Waals surface area contributed by atoms with Crippen molar-refractivity contribution in [1.82, 2.24) is 0 Å². The normalized spacial score (nSPS) is 49.2. The smallest absolute Gasteiger partial charge is 0.0883 e. The van der Waals surface area contributed by atoms with Gasteiger partial charge in [0, 0.05) is 5.41 Å². The quantitative estimate of drug-likeness (QED) is 0.436. The SMILES string of the molecule is C=CC1(O)CCCC2CC[C@H]3[C@@H]4CC[C@H]([C@H](C)CCCC(C)C)[C@@]4(C)CC[C@@H]3[C@]21C. The van der Waals surface area contributed by atoms with E-state index in [2.05, 4.69) is 41.2 Å². The van der Waals surface area contributed by atoms with E-state index in [4.69, 9.17) is 0 Å². The predicted octanol–water partition coefficient (Wildman–Crippen LogP) is 8.02. The molecule has 0 saturated heterocycles. The first-order chi connectivity index (χ1) is 14.2. The van der Waals surface area contributed by atoms with Crippen LogP contribution in [0.5, 0.6) is 0 Å². The van der Waals surface area contributed by atoms with E-state index in [1.807, 2.05) is 6.08 Å². The van der Waals surface area contributed by atoms with Crippen LogP contribution in [0, 0.1) is 52.3 Å². The molecule has 0 amide bonds. The van der Waals surface area contributed by atoms with Crippen LogP contribution in [0.1, 0.15) is 112 Å². The predicted molar refractivity (Wildman–Crippen MR) is 128 cm³/mol. The van der Waals surface area contributed by atoms with Crippen molar-refractivity contribution in [2.45, 2.75) is 117 Å². The van der Waals surface area contributed by atoms with E-state index in [1.165, 1.54) is 70.6 Å². The molecule has 4 rings (SSSR count). The van der Waals surface area contributed by atoms with Gasteiger partial charge < -0.3 is 5.11 Å². The summed E-state index contributed by atoms with van der Waals surface area (Å²) >= 11 is 0. The molecule has 0 aromatic rings. The summed E-state index contributed by atoms with van der Waals surface area (Å²) in [5, 5.41) is 11.7. The lowest BCUT2D eigenvalue weighted by atomic mass is 9.41. The van der Waals surface area contributed by atoms with Gasteiger partial charge in [-0.2, -0.15) is 0 Å². The Labute approximate surface area is 187 Å². The molecule has 0 radical (unpaired) electrons. The first-order valence-electron chi connectivity index (χ1n) is 13.5. The fraction of sp³-hybridized carbons (Fsp3) is 0.931. The van der Waals surface area contributed by atoms with E-state index in [0.29, 0.717) is 17.3 Å². The number of hydrogen-bond acceptors (Lipinski definition) is 1. The fourth-order valence-corrected chi connectivity index (χ4v) is 9.78. The van der Waals surface area contributed by atoms with Gasteiger partial charge in [0.05, 0.1) is 5.60 Å². The molecule has 4 saturated carbocycles. The number of fused-ring (bicyclic) bond motifs is 5. The maximum absolute atomic E-state index is 11.7. The van der Waals surface area contributed by atoms with E-state index in [0.717, 1.165) is 36.0 Å². The molecule has 2 unspecified atom stereocenters. The van der Waals surface area contributed by atoms with Gasteiger partial charge in [-0.3, -0.25) is 0 Å². The van der Waals surface area contributed by atoms with Crippen molar-refractivity contribution in [3.8, 4) is 0 Å². The second-order valence-corrected chi connectivity index (χ2v) is 13.0. The molecule has 0 spiro atoms. The van der Waals surface area contributed by atoms with Gasteiger partial charge in [-0.25, -0.2) is 0 Å². The van der Waals surface area contributed by atoms with E-state index in [9.17, 15) is 5.11 Å². The third-order valence-electron chi connectivity index (χ3n) is 11.5. The molecule has 9 atom stereocenters. The van der Waals surface area contributed by atoms with Crippen LogP contribution < -0.4 is 0 Å². The van der Waals surface area contributed by atoms with Crippen LogP contribution in [0.2, 0.25) is 0 Å². The second kappa shape index (κ2) is 8.24. The first-order valence-corrected chi connectivity index (χ1v) is 13.5. The van der Waals surface area contributed by atoms with Crippen molar-refractivity contribution in [2.75, 3.05) is 0 Å². The van der Waals surface area contributed by atoms with Crippen LogP contribution in [0.3, 0.4) is 0 Å². The highest BCUT2D eigenvalue weighted by Gasteiger charge is 2.64. The summed E-state index contributed by atoms with van der Waals surface area (Å²) in [6.45, 7) is 16.6. The summed E-state index contributed by atoms with van der Waals surface area (Å²) in [6, 6.07) is 0. The molecule has 0 aromatic carbocycles. The zero-order valence-electron chi connectivity index (χ0n) is 20.8. The van der Waals surface area contributed by atoms with E-state index in [-0.39, 0.29) is 5.41 Å². The van der Waals surface area contributed by atoms with Crippen molar-refractivity contribution in [3.05, 3.63) is 12.7 Å². The Kier molecular flexibility index (Phi) is 6.28. The van der Waals surface area contributed by atoms with Crippen molar-refractivity contribution < 1.29 is 5.11 Å². The molecule has 0 aromatic heterocycles. The molecular weight excluding hydrogens is 364 g/mol. The molecule has 0 bridgehead atoms. The monoisotopic (exact) mass is 414 g/mol. The number of aliphatic hydroxyl groups is 1. The van der Waals surface area contributed by atoms with Crippen molar-refractivity contribution in [2.24, 2.45) is 52.3 Å². The molecule has 1 nitrogen and oxygen atoms in total. The zero-order valence-corrected chi connectivity index (χ0v) is 20.8. The minimum absolute atomic E-state index is 0.0538. The molecule has 4 fully saturated rings. The summed E-state index contributed by atoms with van der Waals surface area (Å²) in [7, 11) is 0. The molecule has 1 heteroatoms. The first kappa shape index (κ1) is 22.9. The average molecular weight is 415 g/mol. The van der Waals surface area contributed by atoms with Gasteiger partial charge in [0.2, 0.25) is 0 Å². The van der Waals surface area contributed by atoms with Gasteiger partial charge in [-0.05, 0) is 105 Å². The maximum Gasteiger partial charge on any atom is 0.0883 e. The van der Waals surface area contributed by atoms with Crippen LogP contribution in [0.15, 0.2) is 12.7 Å². The van der Waals surface area contributed by atoms with Gasteiger partial charge >= 0.3 is 0 Å². The van der Waals surface area contributed by atoms with Crippen LogP contribution in [0.25, 0.3) is 0 Å². The number of rotatable bonds is 6. The third kappa shape index (κ3) is 3.36. The van der Waals surface area contributed by atoms with Crippen LogP contribution in [-0.2, 0) is 0 Å². The standard InChI is InChI=1S/C29H50O/c1-7-29(30)18-9-12-22-13-14-23-25-16-15-24(21(4)11-8-10-20(2)3)27(25,5)19-17-26(23)28(22,29)6/h7,20-26,30H,1,8-19H2,2-6H3/t21-,22?,23+,24-,25+,26+,27-,28+,29?/m1/s1. The van der Waals surface area contributed by atoms with E-state index >= 15 is 0 Å². The topological polar surface area (TPSA) is 20.2 Å². The summed E-state index contributed by atoms with van der Waals surface area (Å²) in [5.41, 5.74) is -0.0457. The lowest BCUT2D eigenvalue weighted by molar-refractivity contribution is -0.196. The molecule has 0 heterocycles. The molecule has 0 aliphatic heterocycles. The largest absolute Gasteiger partial charge is 0.385 e. The van der Waals surface area contributed by atoms with Crippen LogP contribution >= 0.6 is 0 Å². The molecular formula is C29H50O. The highest BCUT2D eigenvalue weighted by Crippen LogP contribution is 2.70. The van der Waals surface area contributed by atoms with E-state index in [1.54, 1.807) is 0 Å². The van der Waals surface area contributed by atoms with Crippen molar-refractivity contribution in [1.29, 1.82) is 0 Å². The molecule has 172 valence electrons. The Hall–Kier alpha value is -0.300. The van der Waals surface area contributed by atoms with Crippen molar-refractivity contribution in [3.63, 3.8) is 0 Å². The minimum Gasteiger partial charge on any atom is -0.385 e. The maximum atomic E-state index is 11.7. The highest BCUT2D eigenvalue weighted by molar-refractivity contribution is 5.18. The molecule has 4 aliphatic rings. The summed E-state index contributed by atoms with van der Waals surface area (Å²) in [5.74, 6) is 5.77. The van der Waals surface area contributed by atoms with Gasteiger partial charge in [0.1, 0.15) is 0 Å². The highest BCUT2D eigenvalue weighted by atomic mass is 16.3. The Bertz CT molecular complexity index is 624. The second-order valence-electron chi connectivity index (χ2n) is 13.0. The van der Waals surface area contributed by atoms with Crippen LogP contribution in [-0.4, -0.2) is 10.7 Å². The summed E-state index contributed by atoms with van der Waals surface area (Å²) < 4.78 is 0.